The van der Waals surface area contributed by atoms with Crippen LogP contribution in [0.2, 0.25) is 0 Å². The molecule has 0 radical (unpaired) electrons. The minimum absolute atomic E-state index is 0.352. The van der Waals surface area contributed by atoms with Gasteiger partial charge in [0.25, 0.3) is 0 Å². The van der Waals surface area contributed by atoms with E-state index in [0.717, 1.165) is 29.2 Å². The van der Waals surface area contributed by atoms with Crippen LogP contribution in [0.1, 0.15) is 16.4 Å². The molecule has 3 aromatic rings. The van der Waals surface area contributed by atoms with Gasteiger partial charge in [-0.15, -0.1) is 11.3 Å². The Bertz CT molecular complexity index is 744. The van der Waals surface area contributed by atoms with Gasteiger partial charge in [0, 0.05) is 36.7 Å². The number of fused-ring (bicyclic) bond motifs is 1. The number of para-hydroxylation sites is 1. The Kier molecular flexibility index (Phi) is 4.03. The van der Waals surface area contributed by atoms with Crippen molar-refractivity contribution in [1.29, 1.82) is 0 Å². The molecule has 0 fully saturated rings. The molecule has 2 heterocycles. The van der Waals surface area contributed by atoms with E-state index in [0.29, 0.717) is 6.04 Å². The minimum atomic E-state index is 0.352. The number of aryl methyl sites for hydroxylation is 2. The number of aromatic nitrogens is 3. The smallest absolute Gasteiger partial charge is 0.0897 e. The monoisotopic (exact) mass is 300 g/mol. The molecule has 110 valence electrons. The van der Waals surface area contributed by atoms with Crippen molar-refractivity contribution in [1.82, 2.24) is 20.1 Å². The summed E-state index contributed by atoms with van der Waals surface area (Å²) < 4.78 is 1.96. The maximum atomic E-state index is 4.68. The van der Waals surface area contributed by atoms with E-state index in [1.807, 2.05) is 18.8 Å². The molecule has 3 rings (SSSR count). The van der Waals surface area contributed by atoms with E-state index >= 15 is 0 Å². The van der Waals surface area contributed by atoms with Crippen molar-refractivity contribution < 1.29 is 0 Å². The van der Waals surface area contributed by atoms with Gasteiger partial charge in [0.1, 0.15) is 0 Å². The molecule has 21 heavy (non-hydrogen) atoms. The van der Waals surface area contributed by atoms with E-state index < -0.39 is 0 Å². The highest BCUT2D eigenvalue weighted by Gasteiger charge is 2.15. The van der Waals surface area contributed by atoms with Crippen LogP contribution in [0.4, 0.5) is 0 Å². The number of hydrogen-bond donors (Lipinski definition) is 1. The first kappa shape index (κ1) is 14.2. The molecule has 0 aliphatic rings. The third-order valence-electron chi connectivity index (χ3n) is 3.80. The van der Waals surface area contributed by atoms with Gasteiger partial charge in [-0.2, -0.15) is 5.10 Å². The Hall–Kier alpha value is -1.72. The van der Waals surface area contributed by atoms with E-state index in [9.17, 15) is 0 Å². The average molecular weight is 300 g/mol. The molecule has 0 aliphatic carbocycles. The van der Waals surface area contributed by atoms with E-state index in [2.05, 4.69) is 52.0 Å². The second kappa shape index (κ2) is 5.95. The first-order chi connectivity index (χ1) is 10.2. The zero-order valence-corrected chi connectivity index (χ0v) is 13.4. The number of benzene rings is 1. The molecular weight excluding hydrogens is 280 g/mol. The molecule has 0 bridgehead atoms. The summed E-state index contributed by atoms with van der Waals surface area (Å²) in [6, 6.07) is 8.75. The van der Waals surface area contributed by atoms with Gasteiger partial charge < -0.3 is 5.32 Å². The maximum Gasteiger partial charge on any atom is 0.0897 e. The number of hydrogen-bond acceptors (Lipinski definition) is 4. The van der Waals surface area contributed by atoms with E-state index in [4.69, 9.17) is 0 Å². The van der Waals surface area contributed by atoms with Gasteiger partial charge in [-0.1, -0.05) is 18.2 Å². The second-order valence-corrected chi connectivity index (χ2v) is 6.40. The van der Waals surface area contributed by atoms with Crippen LogP contribution in [0.15, 0.2) is 29.6 Å². The van der Waals surface area contributed by atoms with E-state index in [1.54, 1.807) is 11.3 Å². The molecule has 0 saturated carbocycles. The van der Waals surface area contributed by atoms with Crippen LogP contribution in [0.5, 0.6) is 0 Å². The number of likely N-dealkylation sites (N-methyl/N-ethyl adjacent to an activating group) is 1. The van der Waals surface area contributed by atoms with Crippen molar-refractivity contribution in [2.45, 2.75) is 25.8 Å². The molecule has 1 aromatic carbocycles. The molecular formula is C16H20N4S. The summed E-state index contributed by atoms with van der Waals surface area (Å²) in [6.45, 7) is 2.05. The van der Waals surface area contributed by atoms with Crippen LogP contribution in [-0.2, 0) is 19.9 Å². The lowest BCUT2D eigenvalue weighted by molar-refractivity contribution is 0.542. The Morgan fingerprint density at radius 1 is 1.29 bits per heavy atom. The van der Waals surface area contributed by atoms with E-state index in [1.165, 1.54) is 10.9 Å². The van der Waals surface area contributed by atoms with Gasteiger partial charge in [-0.05, 0) is 20.0 Å². The summed E-state index contributed by atoms with van der Waals surface area (Å²) in [6.07, 6.45) is 1.85. The summed E-state index contributed by atoms with van der Waals surface area (Å²) in [4.78, 5) is 4.56. The van der Waals surface area contributed by atoms with Crippen molar-refractivity contribution in [3.63, 3.8) is 0 Å². The Balaban J connectivity index is 1.82. The predicted octanol–water partition coefficient (Wildman–Crippen LogP) is 2.71. The largest absolute Gasteiger partial charge is 0.316 e. The molecule has 0 spiro atoms. The van der Waals surface area contributed by atoms with Gasteiger partial charge in [0.15, 0.2) is 0 Å². The maximum absolute atomic E-state index is 4.68. The third-order valence-corrected chi connectivity index (χ3v) is 4.63. The fraction of sp³-hybridized carbons (Fsp3) is 0.375. The molecule has 5 heteroatoms. The summed E-state index contributed by atoms with van der Waals surface area (Å²) >= 11 is 1.71. The van der Waals surface area contributed by atoms with Crippen molar-refractivity contribution >= 4 is 22.2 Å². The second-order valence-electron chi connectivity index (χ2n) is 5.34. The van der Waals surface area contributed by atoms with Gasteiger partial charge in [-0.25, -0.2) is 4.98 Å². The van der Waals surface area contributed by atoms with Crippen molar-refractivity contribution in [3.05, 3.63) is 46.0 Å². The number of rotatable bonds is 5. The first-order valence-corrected chi connectivity index (χ1v) is 8.04. The molecule has 0 amide bonds. The van der Waals surface area contributed by atoms with Crippen molar-refractivity contribution in [2.24, 2.45) is 7.05 Å². The molecule has 2 aromatic heterocycles. The van der Waals surface area contributed by atoms with Gasteiger partial charge >= 0.3 is 0 Å². The zero-order chi connectivity index (χ0) is 14.8. The fourth-order valence-corrected chi connectivity index (χ4v) is 3.33. The molecule has 0 saturated heterocycles. The quantitative estimate of drug-likeness (QED) is 0.788. The lowest BCUT2D eigenvalue weighted by Gasteiger charge is -2.13. The number of nitrogens with zero attached hydrogens (tertiary/aromatic N) is 3. The number of nitrogens with one attached hydrogen (secondary N) is 1. The SMILES string of the molecule is CNC(Cc1csc(C)n1)Cc1nn(C)c2ccccc12. The summed E-state index contributed by atoms with van der Waals surface area (Å²) in [7, 11) is 4.01. The third kappa shape index (κ3) is 2.99. The highest BCUT2D eigenvalue weighted by atomic mass is 32.1. The Labute approximate surface area is 128 Å². The average Bonchev–Trinajstić information content (AvgIpc) is 3.03. The Morgan fingerprint density at radius 3 is 2.81 bits per heavy atom. The lowest BCUT2D eigenvalue weighted by atomic mass is 10.0. The van der Waals surface area contributed by atoms with Crippen molar-refractivity contribution in [3.8, 4) is 0 Å². The standard InChI is InChI=1S/C16H20N4S/c1-11-18-13(10-21-11)8-12(17-2)9-15-14-6-4-5-7-16(14)20(3)19-15/h4-7,10,12,17H,8-9H2,1-3H3. The van der Waals surface area contributed by atoms with Crippen LogP contribution in [0.25, 0.3) is 10.9 Å². The topological polar surface area (TPSA) is 42.7 Å². The van der Waals surface area contributed by atoms with Gasteiger partial charge in [0.2, 0.25) is 0 Å². The lowest BCUT2D eigenvalue weighted by Crippen LogP contribution is -2.30. The van der Waals surface area contributed by atoms with Gasteiger partial charge in [0.05, 0.1) is 21.9 Å². The molecule has 0 aliphatic heterocycles. The van der Waals surface area contributed by atoms with Crippen LogP contribution >= 0.6 is 11.3 Å². The predicted molar refractivity (Wildman–Crippen MR) is 87.8 cm³/mol. The zero-order valence-electron chi connectivity index (χ0n) is 12.6. The molecule has 1 unspecified atom stereocenters. The van der Waals surface area contributed by atoms with Crippen LogP contribution in [-0.4, -0.2) is 27.9 Å². The normalized spacial score (nSPS) is 12.9. The summed E-state index contributed by atoms with van der Waals surface area (Å²) in [5.41, 5.74) is 3.50. The molecule has 1 N–H and O–H groups in total. The molecule has 1 atom stereocenters. The molecule has 4 nitrogen and oxygen atoms in total. The minimum Gasteiger partial charge on any atom is -0.316 e. The number of thiazole rings is 1. The van der Waals surface area contributed by atoms with Gasteiger partial charge in [-0.3, -0.25) is 4.68 Å². The van der Waals surface area contributed by atoms with Crippen LogP contribution in [0.3, 0.4) is 0 Å². The Morgan fingerprint density at radius 2 is 2.10 bits per heavy atom. The van der Waals surface area contributed by atoms with Crippen LogP contribution < -0.4 is 5.32 Å². The first-order valence-electron chi connectivity index (χ1n) is 7.16. The summed E-state index contributed by atoms with van der Waals surface area (Å²) in [5.74, 6) is 0. The highest BCUT2D eigenvalue weighted by molar-refractivity contribution is 7.09. The fourth-order valence-electron chi connectivity index (χ4n) is 2.70. The van der Waals surface area contributed by atoms with E-state index in [-0.39, 0.29) is 0 Å². The van der Waals surface area contributed by atoms with Crippen LogP contribution in [0, 0.1) is 6.92 Å². The highest BCUT2D eigenvalue weighted by Crippen LogP contribution is 2.20. The summed E-state index contributed by atoms with van der Waals surface area (Å²) in [5, 5.41) is 12.6. The van der Waals surface area contributed by atoms with Crippen molar-refractivity contribution in [2.75, 3.05) is 7.05 Å².